The summed E-state index contributed by atoms with van der Waals surface area (Å²) < 4.78 is 0. The Morgan fingerprint density at radius 2 is 1.73 bits per heavy atom. The fourth-order valence-electron chi connectivity index (χ4n) is 2.37. The maximum absolute atomic E-state index is 11.3. The normalized spacial score (nSPS) is 24.0. The number of benzene rings is 1. The molecule has 1 aliphatic rings. The van der Waals surface area contributed by atoms with E-state index >= 15 is 0 Å². The summed E-state index contributed by atoms with van der Waals surface area (Å²) in [6.45, 7) is 8.14. The average molecular weight is 202 g/mol. The molecule has 80 valence electrons. The molecule has 1 fully saturated rings. The van der Waals surface area contributed by atoms with Crippen LogP contribution in [0, 0.1) is 26.7 Å². The van der Waals surface area contributed by atoms with E-state index in [1.165, 1.54) is 22.3 Å². The number of carbonyl (C=O) groups is 1. The number of hydrogen-bond acceptors (Lipinski definition) is 1. The fraction of sp³-hybridized carbons (Fsp3) is 0.500. The van der Waals surface area contributed by atoms with Gasteiger partial charge in [0, 0.05) is 5.92 Å². The van der Waals surface area contributed by atoms with Crippen LogP contribution in [0.3, 0.4) is 0 Å². The molecule has 1 nitrogen and oxygen atoms in total. The van der Waals surface area contributed by atoms with E-state index in [2.05, 4.69) is 32.9 Å². The van der Waals surface area contributed by atoms with Gasteiger partial charge in [-0.05, 0) is 62.3 Å². The van der Waals surface area contributed by atoms with Crippen molar-refractivity contribution in [3.8, 4) is 0 Å². The summed E-state index contributed by atoms with van der Waals surface area (Å²) in [5.41, 5.74) is 5.41. The second-order valence-electron chi connectivity index (χ2n) is 4.85. The number of rotatable bonds is 2. The van der Waals surface area contributed by atoms with Gasteiger partial charge in [0.2, 0.25) is 0 Å². The minimum absolute atomic E-state index is 0.297. The van der Waals surface area contributed by atoms with E-state index in [1.807, 2.05) is 0 Å². The van der Waals surface area contributed by atoms with Crippen LogP contribution in [0.5, 0.6) is 0 Å². The van der Waals surface area contributed by atoms with E-state index in [0.29, 0.717) is 17.6 Å². The monoisotopic (exact) mass is 202 g/mol. The zero-order valence-electron chi connectivity index (χ0n) is 9.92. The van der Waals surface area contributed by atoms with Crippen molar-refractivity contribution in [3.63, 3.8) is 0 Å². The second-order valence-corrected chi connectivity index (χ2v) is 4.85. The Morgan fingerprint density at radius 3 is 2.27 bits per heavy atom. The first kappa shape index (κ1) is 10.4. The summed E-state index contributed by atoms with van der Waals surface area (Å²) in [4.78, 5) is 11.3. The largest absolute Gasteiger partial charge is 0.300 e. The predicted octanol–water partition coefficient (Wildman–Crippen LogP) is 3.30. The van der Waals surface area contributed by atoms with Gasteiger partial charge in [0.1, 0.15) is 5.78 Å². The van der Waals surface area contributed by atoms with Gasteiger partial charge in [0.05, 0.1) is 0 Å². The quantitative estimate of drug-likeness (QED) is 0.719. The topological polar surface area (TPSA) is 17.1 Å². The molecule has 0 heterocycles. The molecule has 0 amide bonds. The molecule has 2 rings (SSSR count). The van der Waals surface area contributed by atoms with Crippen molar-refractivity contribution in [1.82, 2.24) is 0 Å². The van der Waals surface area contributed by atoms with Crippen molar-refractivity contribution in [2.45, 2.75) is 40.0 Å². The Balaban J connectivity index is 2.31. The Labute approximate surface area is 91.5 Å². The molecule has 1 aliphatic carbocycles. The van der Waals surface area contributed by atoms with Crippen LogP contribution < -0.4 is 0 Å². The zero-order valence-corrected chi connectivity index (χ0v) is 9.92. The molecule has 0 bridgehead atoms. The van der Waals surface area contributed by atoms with Gasteiger partial charge in [0.25, 0.3) is 0 Å². The lowest BCUT2D eigenvalue weighted by Gasteiger charge is -2.09. The van der Waals surface area contributed by atoms with Crippen molar-refractivity contribution >= 4 is 5.78 Å². The number of aryl methyl sites for hydroxylation is 3. The van der Waals surface area contributed by atoms with Gasteiger partial charge in [-0.3, -0.25) is 4.79 Å². The van der Waals surface area contributed by atoms with Crippen molar-refractivity contribution in [2.75, 3.05) is 0 Å². The summed E-state index contributed by atoms with van der Waals surface area (Å²) in [5.74, 6) is 1.14. The van der Waals surface area contributed by atoms with Crippen LogP contribution in [0.15, 0.2) is 12.1 Å². The van der Waals surface area contributed by atoms with E-state index < -0.39 is 0 Å². The molecule has 0 radical (unpaired) electrons. The molecule has 0 saturated heterocycles. The molecule has 0 aliphatic heterocycles. The Hall–Kier alpha value is -1.11. The molecule has 2 atom stereocenters. The number of carbonyl (C=O) groups excluding carboxylic acids is 1. The molecule has 2 unspecified atom stereocenters. The molecule has 1 aromatic carbocycles. The van der Waals surface area contributed by atoms with E-state index in [4.69, 9.17) is 0 Å². The summed E-state index contributed by atoms with van der Waals surface area (Å²) in [6, 6.07) is 4.50. The lowest BCUT2D eigenvalue weighted by molar-refractivity contribution is -0.118. The van der Waals surface area contributed by atoms with Crippen molar-refractivity contribution in [2.24, 2.45) is 5.92 Å². The predicted molar refractivity (Wildman–Crippen MR) is 62.2 cm³/mol. The summed E-state index contributed by atoms with van der Waals surface area (Å²) in [6.07, 6.45) is 1.05. The fourth-order valence-corrected chi connectivity index (χ4v) is 2.37. The molecule has 0 aromatic heterocycles. The molecule has 1 saturated carbocycles. The van der Waals surface area contributed by atoms with E-state index in [9.17, 15) is 4.79 Å². The Bertz CT molecular complexity index is 418. The van der Waals surface area contributed by atoms with Crippen LogP contribution in [0.4, 0.5) is 0 Å². The molecular formula is C14H18O. The van der Waals surface area contributed by atoms with Crippen LogP contribution in [-0.4, -0.2) is 5.78 Å². The molecule has 1 aromatic rings. The third-order valence-electron chi connectivity index (χ3n) is 3.59. The van der Waals surface area contributed by atoms with Gasteiger partial charge >= 0.3 is 0 Å². The maximum Gasteiger partial charge on any atom is 0.133 e. The molecule has 0 spiro atoms. The van der Waals surface area contributed by atoms with Gasteiger partial charge in [0.15, 0.2) is 0 Å². The molecule has 0 N–H and O–H groups in total. The van der Waals surface area contributed by atoms with E-state index in [-0.39, 0.29) is 0 Å². The first-order valence-electron chi connectivity index (χ1n) is 5.59. The summed E-state index contributed by atoms with van der Waals surface area (Å²) in [7, 11) is 0. The maximum atomic E-state index is 11.3. The summed E-state index contributed by atoms with van der Waals surface area (Å²) in [5, 5.41) is 0. The van der Waals surface area contributed by atoms with Gasteiger partial charge in [-0.15, -0.1) is 0 Å². The number of hydrogen-bond donors (Lipinski definition) is 0. The Kier molecular flexibility index (Phi) is 2.41. The highest BCUT2D eigenvalue weighted by Crippen LogP contribution is 2.49. The molecular weight excluding hydrogens is 184 g/mol. The second kappa shape index (κ2) is 3.48. The van der Waals surface area contributed by atoms with Gasteiger partial charge in [-0.2, -0.15) is 0 Å². The van der Waals surface area contributed by atoms with Gasteiger partial charge in [-0.1, -0.05) is 12.1 Å². The smallest absolute Gasteiger partial charge is 0.133 e. The van der Waals surface area contributed by atoms with Gasteiger partial charge in [-0.25, -0.2) is 0 Å². The molecule has 15 heavy (non-hydrogen) atoms. The number of ketones is 1. The standard InChI is InChI=1S/C14H18O/c1-8-5-10(3)12(6-9(8)2)14-7-13(14)11(4)15/h5-6,13-14H,7H2,1-4H3. The van der Waals surface area contributed by atoms with Gasteiger partial charge < -0.3 is 0 Å². The summed E-state index contributed by atoms with van der Waals surface area (Å²) >= 11 is 0. The first-order valence-corrected chi connectivity index (χ1v) is 5.59. The third-order valence-corrected chi connectivity index (χ3v) is 3.59. The zero-order chi connectivity index (χ0) is 11.2. The van der Waals surface area contributed by atoms with Crippen LogP contribution in [-0.2, 0) is 4.79 Å². The minimum Gasteiger partial charge on any atom is -0.300 e. The highest BCUT2D eigenvalue weighted by Gasteiger charge is 2.42. The molecule has 1 heteroatoms. The van der Waals surface area contributed by atoms with Crippen LogP contribution in [0.1, 0.15) is 41.5 Å². The van der Waals surface area contributed by atoms with Crippen LogP contribution >= 0.6 is 0 Å². The number of Topliss-reactive ketones (excluding diaryl/α,β-unsaturated/α-hetero) is 1. The highest BCUT2D eigenvalue weighted by molar-refractivity contribution is 5.82. The van der Waals surface area contributed by atoms with E-state index in [1.54, 1.807) is 6.92 Å². The lowest BCUT2D eigenvalue weighted by Crippen LogP contribution is -1.97. The Morgan fingerprint density at radius 1 is 1.13 bits per heavy atom. The SMILES string of the molecule is CC(=O)C1CC1c1cc(C)c(C)cc1C. The first-order chi connectivity index (χ1) is 7.00. The van der Waals surface area contributed by atoms with Crippen LogP contribution in [0.25, 0.3) is 0 Å². The van der Waals surface area contributed by atoms with Crippen molar-refractivity contribution < 1.29 is 4.79 Å². The van der Waals surface area contributed by atoms with Crippen molar-refractivity contribution in [3.05, 3.63) is 34.4 Å². The van der Waals surface area contributed by atoms with Crippen LogP contribution in [0.2, 0.25) is 0 Å². The third kappa shape index (κ3) is 1.83. The van der Waals surface area contributed by atoms with Crippen molar-refractivity contribution in [1.29, 1.82) is 0 Å². The minimum atomic E-state index is 0.297. The highest BCUT2D eigenvalue weighted by atomic mass is 16.1. The van der Waals surface area contributed by atoms with E-state index in [0.717, 1.165) is 6.42 Å². The lowest BCUT2D eigenvalue weighted by atomic mass is 9.96. The average Bonchev–Trinajstić information content (AvgIpc) is 2.90.